The molecular weight excluding hydrogens is 320 g/mol. The summed E-state index contributed by atoms with van der Waals surface area (Å²) in [6, 6.07) is 0. The van der Waals surface area contributed by atoms with Crippen LogP contribution in [0.5, 0.6) is 0 Å². The molecule has 0 aromatic rings. The van der Waals surface area contributed by atoms with E-state index in [0.29, 0.717) is 12.8 Å². The molecular formula is C20H30O5. The fraction of sp³-hybridized carbons (Fsp3) is 0.800. The Labute approximate surface area is 150 Å². The van der Waals surface area contributed by atoms with Crippen molar-refractivity contribution in [3.05, 3.63) is 11.6 Å². The maximum atomic E-state index is 12.8. The van der Waals surface area contributed by atoms with Gasteiger partial charge < -0.3 is 14.2 Å². The highest BCUT2D eigenvalue weighted by molar-refractivity contribution is 5.93. The molecule has 0 aromatic heterocycles. The minimum Gasteiger partial charge on any atom is -0.460 e. The van der Waals surface area contributed by atoms with E-state index in [1.807, 2.05) is 20.8 Å². The second-order valence-corrected chi connectivity index (χ2v) is 9.01. The number of esters is 2. The van der Waals surface area contributed by atoms with Crippen molar-refractivity contribution in [1.29, 1.82) is 0 Å². The normalized spacial score (nSPS) is 40.6. The van der Waals surface area contributed by atoms with Crippen LogP contribution >= 0.6 is 0 Å². The van der Waals surface area contributed by atoms with Gasteiger partial charge in [0.05, 0.1) is 11.0 Å². The molecule has 1 saturated carbocycles. The van der Waals surface area contributed by atoms with E-state index in [1.54, 1.807) is 0 Å². The first-order chi connectivity index (χ1) is 11.5. The molecule has 3 aliphatic rings. The SMILES string of the molecule is CC(C)=CCC[C@@]1(C)O[C@H]1COC(=O)C12CCC(C)(C(=O)O1)C2(C)C. The molecule has 0 N–H and O–H groups in total. The van der Waals surface area contributed by atoms with E-state index in [4.69, 9.17) is 14.2 Å². The van der Waals surface area contributed by atoms with Crippen molar-refractivity contribution >= 4 is 11.9 Å². The van der Waals surface area contributed by atoms with E-state index in [-0.39, 0.29) is 24.3 Å². The lowest BCUT2D eigenvalue weighted by molar-refractivity contribution is -0.183. The van der Waals surface area contributed by atoms with Crippen molar-refractivity contribution in [1.82, 2.24) is 0 Å². The van der Waals surface area contributed by atoms with Crippen LogP contribution < -0.4 is 0 Å². The summed E-state index contributed by atoms with van der Waals surface area (Å²) in [6.07, 6.45) is 5.17. The van der Waals surface area contributed by atoms with Gasteiger partial charge in [-0.05, 0) is 53.4 Å². The smallest absolute Gasteiger partial charge is 0.351 e. The third kappa shape index (κ3) is 2.54. The van der Waals surface area contributed by atoms with Gasteiger partial charge in [-0.2, -0.15) is 0 Å². The maximum Gasteiger partial charge on any atom is 0.351 e. The fourth-order valence-corrected chi connectivity index (χ4v) is 4.34. The third-order valence-corrected chi connectivity index (χ3v) is 7.01. The number of carbonyl (C=O) groups excluding carboxylic acids is 2. The number of fused-ring (bicyclic) bond motifs is 2. The van der Waals surface area contributed by atoms with Crippen LogP contribution in [-0.2, 0) is 23.8 Å². The highest BCUT2D eigenvalue weighted by Crippen LogP contribution is 2.65. The van der Waals surface area contributed by atoms with Gasteiger partial charge in [0.2, 0.25) is 5.60 Å². The lowest BCUT2D eigenvalue weighted by atomic mass is 9.66. The van der Waals surface area contributed by atoms with E-state index in [9.17, 15) is 9.59 Å². The van der Waals surface area contributed by atoms with E-state index in [0.717, 1.165) is 12.8 Å². The monoisotopic (exact) mass is 350 g/mol. The van der Waals surface area contributed by atoms with Crippen LogP contribution in [0.1, 0.15) is 67.2 Å². The Bertz CT molecular complexity index is 632. The summed E-state index contributed by atoms with van der Waals surface area (Å²) >= 11 is 0. The van der Waals surface area contributed by atoms with Gasteiger partial charge in [0.15, 0.2) is 0 Å². The lowest BCUT2D eigenvalue weighted by Crippen LogP contribution is -2.49. The van der Waals surface area contributed by atoms with Crippen molar-refractivity contribution in [3.8, 4) is 0 Å². The number of epoxide rings is 1. The second kappa shape index (κ2) is 5.57. The molecule has 5 heteroatoms. The molecule has 4 atom stereocenters. The molecule has 3 fully saturated rings. The average Bonchev–Trinajstić information content (AvgIpc) is 3.07. The molecule has 2 saturated heterocycles. The zero-order valence-electron chi connectivity index (χ0n) is 16.2. The average molecular weight is 350 g/mol. The fourth-order valence-electron chi connectivity index (χ4n) is 4.34. The Morgan fingerprint density at radius 3 is 2.44 bits per heavy atom. The van der Waals surface area contributed by atoms with Gasteiger partial charge in [-0.1, -0.05) is 25.5 Å². The van der Waals surface area contributed by atoms with Crippen molar-refractivity contribution in [2.24, 2.45) is 10.8 Å². The molecule has 0 spiro atoms. The van der Waals surface area contributed by atoms with Gasteiger partial charge in [-0.25, -0.2) is 4.79 Å². The predicted octanol–water partition coefficient (Wildman–Crippen LogP) is 3.56. The molecule has 1 aliphatic carbocycles. The lowest BCUT2D eigenvalue weighted by Gasteiger charge is -2.34. The molecule has 0 amide bonds. The van der Waals surface area contributed by atoms with Crippen molar-refractivity contribution in [2.45, 2.75) is 84.5 Å². The van der Waals surface area contributed by atoms with Crippen LogP contribution in [0, 0.1) is 10.8 Å². The first-order valence-electron chi connectivity index (χ1n) is 9.20. The predicted molar refractivity (Wildman–Crippen MR) is 92.8 cm³/mol. The molecule has 2 heterocycles. The van der Waals surface area contributed by atoms with Gasteiger partial charge in [0, 0.05) is 5.41 Å². The van der Waals surface area contributed by atoms with Gasteiger partial charge in [-0.3, -0.25) is 4.79 Å². The van der Waals surface area contributed by atoms with Gasteiger partial charge >= 0.3 is 11.9 Å². The van der Waals surface area contributed by atoms with E-state index in [1.165, 1.54) is 5.57 Å². The molecule has 2 unspecified atom stereocenters. The third-order valence-electron chi connectivity index (χ3n) is 7.01. The minimum atomic E-state index is -1.15. The zero-order chi connectivity index (χ0) is 18.7. The molecule has 3 rings (SSSR count). The van der Waals surface area contributed by atoms with E-state index in [2.05, 4.69) is 26.8 Å². The Kier molecular flexibility index (Phi) is 4.10. The summed E-state index contributed by atoms with van der Waals surface area (Å²) < 4.78 is 16.9. The highest BCUT2D eigenvalue weighted by atomic mass is 16.7. The van der Waals surface area contributed by atoms with Crippen LogP contribution in [0.4, 0.5) is 0 Å². The molecule has 25 heavy (non-hydrogen) atoms. The molecule has 0 radical (unpaired) electrons. The second-order valence-electron chi connectivity index (χ2n) is 9.01. The van der Waals surface area contributed by atoms with Gasteiger partial charge in [-0.15, -0.1) is 0 Å². The van der Waals surface area contributed by atoms with E-state index >= 15 is 0 Å². The summed E-state index contributed by atoms with van der Waals surface area (Å²) in [4.78, 5) is 25.1. The minimum absolute atomic E-state index is 0.0774. The number of carbonyl (C=O) groups is 2. The van der Waals surface area contributed by atoms with Crippen molar-refractivity contribution in [3.63, 3.8) is 0 Å². The Hall–Kier alpha value is -1.36. The van der Waals surface area contributed by atoms with Crippen molar-refractivity contribution in [2.75, 3.05) is 6.61 Å². The topological polar surface area (TPSA) is 65.1 Å². The number of rotatable bonds is 6. The van der Waals surface area contributed by atoms with Crippen LogP contribution in [0.3, 0.4) is 0 Å². The Morgan fingerprint density at radius 1 is 1.24 bits per heavy atom. The number of ether oxygens (including phenoxy) is 3. The van der Waals surface area contributed by atoms with Gasteiger partial charge in [0.1, 0.15) is 12.7 Å². The largest absolute Gasteiger partial charge is 0.460 e. The highest BCUT2D eigenvalue weighted by Gasteiger charge is 2.76. The van der Waals surface area contributed by atoms with Crippen LogP contribution in [0.2, 0.25) is 0 Å². The standard InChI is InChI=1S/C20H30O5/c1-13(2)8-7-9-19(6)14(24-19)12-23-16(22)20-11-10-18(5,15(21)25-20)17(20,3)4/h8,14H,7,9-12H2,1-6H3/t14-,18?,19+,20?/m0/s1. The maximum absolute atomic E-state index is 12.8. The van der Waals surface area contributed by atoms with Gasteiger partial charge in [0.25, 0.3) is 0 Å². The summed E-state index contributed by atoms with van der Waals surface area (Å²) in [7, 11) is 0. The summed E-state index contributed by atoms with van der Waals surface area (Å²) in [5.74, 6) is -0.704. The Balaban J connectivity index is 1.58. The molecule has 2 bridgehead atoms. The van der Waals surface area contributed by atoms with E-state index < -0.39 is 22.4 Å². The molecule has 0 aromatic carbocycles. The quantitative estimate of drug-likeness (QED) is 0.416. The summed E-state index contributed by atoms with van der Waals surface area (Å²) in [6.45, 7) is 12.2. The summed E-state index contributed by atoms with van der Waals surface area (Å²) in [5.41, 5.74) is -1.25. The molecule has 140 valence electrons. The van der Waals surface area contributed by atoms with Crippen LogP contribution in [0.15, 0.2) is 11.6 Å². The number of allylic oxidation sites excluding steroid dienone is 2. The molecule has 5 nitrogen and oxygen atoms in total. The number of hydrogen-bond donors (Lipinski definition) is 0. The van der Waals surface area contributed by atoms with Crippen LogP contribution in [0.25, 0.3) is 0 Å². The first kappa shape index (κ1) is 18.4. The van der Waals surface area contributed by atoms with Crippen LogP contribution in [-0.4, -0.2) is 35.9 Å². The Morgan fingerprint density at radius 2 is 1.92 bits per heavy atom. The zero-order valence-corrected chi connectivity index (χ0v) is 16.2. The summed E-state index contributed by atoms with van der Waals surface area (Å²) in [5, 5.41) is 0. The molecule has 2 aliphatic heterocycles. The van der Waals surface area contributed by atoms with Crippen molar-refractivity contribution < 1.29 is 23.8 Å². The first-order valence-corrected chi connectivity index (χ1v) is 9.20. The number of hydrogen-bond acceptors (Lipinski definition) is 5.